The van der Waals surface area contributed by atoms with Gasteiger partial charge in [-0.15, -0.1) is 10.2 Å². The Morgan fingerprint density at radius 2 is 1.50 bits per heavy atom. The predicted molar refractivity (Wildman–Crippen MR) is 52.6 cm³/mol. The summed E-state index contributed by atoms with van der Waals surface area (Å²) in [6.45, 7) is 0. The number of nitrogens with zero attached hydrogens (tertiary/aromatic N) is 4. The first-order valence-electron chi connectivity index (χ1n) is 3.65. The van der Waals surface area contributed by atoms with Crippen LogP contribution < -0.4 is 5.46 Å². The first-order chi connectivity index (χ1) is 5.95. The van der Waals surface area contributed by atoms with Gasteiger partial charge in [-0.3, -0.25) is 0 Å². The molecule has 4 N–H and O–H groups in total. The largest absolute Gasteiger partial charge is 0.412 e. The van der Waals surface area contributed by atoms with E-state index in [1.165, 1.54) is 0 Å². The van der Waals surface area contributed by atoms with E-state index >= 15 is 0 Å². The van der Waals surface area contributed by atoms with Crippen molar-refractivity contribution in [2.75, 3.05) is 0 Å². The van der Waals surface area contributed by atoms with E-state index < -0.39 is 0 Å². The molecule has 6 nitrogen and oxygen atoms in total. The lowest BCUT2D eigenvalue weighted by Gasteiger charge is -1.97. The van der Waals surface area contributed by atoms with Crippen LogP contribution in [-0.2, 0) is 0 Å². The maximum Gasteiger partial charge on any atom is 0.219 e. The number of rotatable bonds is 2. The lowest BCUT2D eigenvalue weighted by molar-refractivity contribution is 0.823. The SMILES string of the molecule is O.O.[B](c1ccccc1)C1N=NN=N1. The summed E-state index contributed by atoms with van der Waals surface area (Å²) in [6.07, 6.45) is 0. The van der Waals surface area contributed by atoms with Crippen molar-refractivity contribution in [1.29, 1.82) is 0 Å². The molecule has 0 atom stereocenters. The molecule has 2 rings (SSSR count). The molecule has 1 aromatic carbocycles. The summed E-state index contributed by atoms with van der Waals surface area (Å²) in [5.74, 6) is 0. The van der Waals surface area contributed by atoms with Crippen LogP contribution >= 0.6 is 0 Å². The number of benzene rings is 1. The second kappa shape index (κ2) is 5.95. The zero-order chi connectivity index (χ0) is 8.23. The highest BCUT2D eigenvalue weighted by atomic mass is 16.0. The lowest BCUT2D eigenvalue weighted by Crippen LogP contribution is -2.23. The fourth-order valence-corrected chi connectivity index (χ4v) is 0.978. The molecule has 1 radical (unpaired) electrons. The molecule has 0 aromatic heterocycles. The molecule has 73 valence electrons. The van der Waals surface area contributed by atoms with Gasteiger partial charge in [-0.25, -0.2) is 0 Å². The summed E-state index contributed by atoms with van der Waals surface area (Å²) in [5, 5.41) is 14.4. The number of hydrogen-bond acceptors (Lipinski definition) is 4. The summed E-state index contributed by atoms with van der Waals surface area (Å²) in [4.78, 5) is 0. The topological polar surface area (TPSA) is 112 Å². The molecule has 0 unspecified atom stereocenters. The Balaban J connectivity index is 0.000000845. The minimum absolute atomic E-state index is 0. The van der Waals surface area contributed by atoms with Crippen molar-refractivity contribution in [2.24, 2.45) is 20.7 Å². The second-order valence-electron chi connectivity index (χ2n) is 2.40. The molecule has 14 heavy (non-hydrogen) atoms. The van der Waals surface area contributed by atoms with Crippen LogP contribution in [0.4, 0.5) is 0 Å². The van der Waals surface area contributed by atoms with Crippen molar-refractivity contribution >= 4 is 12.7 Å². The summed E-state index contributed by atoms with van der Waals surface area (Å²) >= 11 is 0. The summed E-state index contributed by atoms with van der Waals surface area (Å²) in [5.41, 5.74) is 1.09. The Hall–Kier alpha value is -1.60. The maximum atomic E-state index is 3.77. The first-order valence-corrected chi connectivity index (χ1v) is 3.65. The van der Waals surface area contributed by atoms with Crippen molar-refractivity contribution in [3.63, 3.8) is 0 Å². The minimum atomic E-state index is -0.229. The van der Waals surface area contributed by atoms with Crippen LogP contribution in [0.25, 0.3) is 0 Å². The Kier molecular flexibility index (Phi) is 5.27. The molecule has 0 amide bonds. The third kappa shape index (κ3) is 3.04. The molecule has 0 saturated heterocycles. The van der Waals surface area contributed by atoms with Gasteiger partial charge in [0.1, 0.15) is 0 Å². The zero-order valence-electron chi connectivity index (χ0n) is 7.33. The molecule has 0 bridgehead atoms. The van der Waals surface area contributed by atoms with Gasteiger partial charge in [0.15, 0.2) is 6.07 Å². The smallest absolute Gasteiger partial charge is 0.219 e. The molecule has 1 aliphatic heterocycles. The monoisotopic (exact) mass is 193 g/mol. The molecular weight excluding hydrogens is 183 g/mol. The van der Waals surface area contributed by atoms with Gasteiger partial charge in [0.2, 0.25) is 7.28 Å². The van der Waals surface area contributed by atoms with E-state index in [1.807, 2.05) is 37.6 Å². The van der Waals surface area contributed by atoms with Crippen LogP contribution in [0.15, 0.2) is 51.0 Å². The molecular formula is C7H10BN4O2. The van der Waals surface area contributed by atoms with Crippen molar-refractivity contribution in [3.8, 4) is 0 Å². The Morgan fingerprint density at radius 1 is 0.929 bits per heavy atom. The van der Waals surface area contributed by atoms with E-state index in [9.17, 15) is 0 Å². The number of hydrogen-bond donors (Lipinski definition) is 0. The molecule has 0 spiro atoms. The maximum absolute atomic E-state index is 3.77. The van der Waals surface area contributed by atoms with E-state index in [0.717, 1.165) is 5.46 Å². The van der Waals surface area contributed by atoms with Crippen LogP contribution in [0.5, 0.6) is 0 Å². The van der Waals surface area contributed by atoms with Crippen LogP contribution in [0, 0.1) is 0 Å². The Bertz CT molecular complexity index is 305. The van der Waals surface area contributed by atoms with E-state index in [2.05, 4.69) is 20.7 Å². The Morgan fingerprint density at radius 3 is 2.07 bits per heavy atom. The van der Waals surface area contributed by atoms with Crippen molar-refractivity contribution in [3.05, 3.63) is 30.3 Å². The first kappa shape index (κ1) is 12.4. The Labute approximate surface area is 81.6 Å². The quantitative estimate of drug-likeness (QED) is 0.562. The molecule has 1 aliphatic rings. The fourth-order valence-electron chi connectivity index (χ4n) is 0.978. The highest BCUT2D eigenvalue weighted by Crippen LogP contribution is 2.02. The normalized spacial score (nSPS) is 13.1. The lowest BCUT2D eigenvalue weighted by atomic mass is 9.67. The average molecular weight is 193 g/mol. The molecule has 1 aromatic rings. The third-order valence-corrected chi connectivity index (χ3v) is 1.52. The van der Waals surface area contributed by atoms with Gasteiger partial charge < -0.3 is 11.0 Å². The summed E-state index contributed by atoms with van der Waals surface area (Å²) < 4.78 is 0. The van der Waals surface area contributed by atoms with Crippen molar-refractivity contribution in [2.45, 2.75) is 6.07 Å². The highest BCUT2D eigenvalue weighted by Gasteiger charge is 2.11. The van der Waals surface area contributed by atoms with Gasteiger partial charge in [-0.1, -0.05) is 35.8 Å². The van der Waals surface area contributed by atoms with E-state index in [0.29, 0.717) is 0 Å². The van der Waals surface area contributed by atoms with E-state index in [1.54, 1.807) is 0 Å². The molecule has 0 aliphatic carbocycles. The van der Waals surface area contributed by atoms with Crippen LogP contribution in [0.2, 0.25) is 0 Å². The van der Waals surface area contributed by atoms with Crippen LogP contribution in [-0.4, -0.2) is 24.3 Å². The molecule has 7 heteroatoms. The van der Waals surface area contributed by atoms with E-state index in [-0.39, 0.29) is 17.0 Å². The molecule has 0 fully saturated rings. The fraction of sp³-hybridized carbons (Fsp3) is 0.143. The van der Waals surface area contributed by atoms with Crippen LogP contribution in [0.1, 0.15) is 0 Å². The van der Waals surface area contributed by atoms with E-state index in [4.69, 9.17) is 0 Å². The van der Waals surface area contributed by atoms with Crippen LogP contribution in [0.3, 0.4) is 0 Å². The standard InChI is InChI=1S/C7H6BN4.2H2O/c1-2-4-6(5-3-1)8-7-9-11-12-10-7;;/h1-5,7H;2*1H2. The minimum Gasteiger partial charge on any atom is -0.412 e. The zero-order valence-corrected chi connectivity index (χ0v) is 7.33. The summed E-state index contributed by atoms with van der Waals surface area (Å²) in [7, 11) is 1.90. The third-order valence-electron chi connectivity index (χ3n) is 1.52. The van der Waals surface area contributed by atoms with Gasteiger partial charge in [0.25, 0.3) is 0 Å². The average Bonchev–Trinajstić information content (AvgIpc) is 2.59. The van der Waals surface area contributed by atoms with Crippen molar-refractivity contribution in [1.82, 2.24) is 0 Å². The van der Waals surface area contributed by atoms with Gasteiger partial charge in [0.05, 0.1) is 0 Å². The van der Waals surface area contributed by atoms with Gasteiger partial charge >= 0.3 is 0 Å². The molecule has 0 saturated carbocycles. The predicted octanol–water partition coefficient (Wildman–Crippen LogP) is -0.517. The molecule has 1 heterocycles. The van der Waals surface area contributed by atoms with Gasteiger partial charge in [0, 0.05) is 0 Å². The highest BCUT2D eigenvalue weighted by molar-refractivity contribution is 6.55. The van der Waals surface area contributed by atoms with Crippen molar-refractivity contribution < 1.29 is 11.0 Å². The summed E-state index contributed by atoms with van der Waals surface area (Å²) in [6, 6.07) is 9.65. The van der Waals surface area contributed by atoms with Gasteiger partial charge in [-0.05, 0) is 10.4 Å². The second-order valence-corrected chi connectivity index (χ2v) is 2.40. The van der Waals surface area contributed by atoms with Gasteiger partial charge in [-0.2, -0.15) is 0 Å².